The summed E-state index contributed by atoms with van der Waals surface area (Å²) in [6, 6.07) is 7.61. The zero-order valence-corrected chi connectivity index (χ0v) is 14.1. The van der Waals surface area contributed by atoms with E-state index in [0.29, 0.717) is 41.0 Å². The van der Waals surface area contributed by atoms with Gasteiger partial charge in [-0.3, -0.25) is 4.79 Å². The number of ether oxygens (including phenoxy) is 3. The van der Waals surface area contributed by atoms with Gasteiger partial charge >= 0.3 is 0 Å². The molecular weight excluding hydrogens is 349 g/mol. The van der Waals surface area contributed by atoms with E-state index in [-0.39, 0.29) is 5.75 Å². The molecule has 0 spiro atoms. The fourth-order valence-electron chi connectivity index (χ4n) is 2.29. The molecule has 0 atom stereocenters. The van der Waals surface area contributed by atoms with Crippen LogP contribution in [-0.4, -0.2) is 26.2 Å². The molecule has 1 heterocycles. The third-order valence-corrected chi connectivity index (χ3v) is 3.81. The number of carbonyl (C=O) groups excluding carboxylic acids is 1. The minimum absolute atomic E-state index is 0.143. The lowest BCUT2D eigenvalue weighted by Gasteiger charge is -2.19. The van der Waals surface area contributed by atoms with Crippen molar-refractivity contribution in [3.63, 3.8) is 0 Å². The monoisotopic (exact) mass is 363 g/mol. The van der Waals surface area contributed by atoms with Gasteiger partial charge in [0.05, 0.1) is 17.8 Å². The van der Waals surface area contributed by atoms with E-state index in [2.05, 4.69) is 5.32 Å². The molecule has 2 aromatic carbocycles. The molecule has 5 nitrogen and oxygen atoms in total. The van der Waals surface area contributed by atoms with E-state index in [9.17, 15) is 9.18 Å². The molecule has 0 unspecified atom stereocenters. The van der Waals surface area contributed by atoms with Gasteiger partial charge in [0, 0.05) is 18.2 Å². The maximum Gasteiger partial charge on any atom is 0.248 e. The van der Waals surface area contributed by atoms with Crippen molar-refractivity contribution in [3.8, 4) is 17.2 Å². The second kappa shape index (κ2) is 7.44. The van der Waals surface area contributed by atoms with Gasteiger partial charge in [0.2, 0.25) is 5.91 Å². The van der Waals surface area contributed by atoms with Gasteiger partial charge in [-0.2, -0.15) is 0 Å². The molecule has 1 amide bonds. The molecule has 3 rings (SSSR count). The molecule has 1 aliphatic rings. The van der Waals surface area contributed by atoms with Crippen LogP contribution in [0.3, 0.4) is 0 Å². The Balaban J connectivity index is 1.71. The number of nitrogens with one attached hydrogen (secondary N) is 1. The average Bonchev–Trinajstić information content (AvgIpc) is 2.61. The Hall–Kier alpha value is -2.73. The summed E-state index contributed by atoms with van der Waals surface area (Å²) < 4.78 is 29.4. The van der Waals surface area contributed by atoms with Crippen molar-refractivity contribution in [1.82, 2.24) is 0 Å². The summed E-state index contributed by atoms with van der Waals surface area (Å²) in [6.45, 7) is 0.890. The number of anilines is 1. The van der Waals surface area contributed by atoms with E-state index >= 15 is 0 Å². The van der Waals surface area contributed by atoms with Gasteiger partial charge in [0.15, 0.2) is 23.1 Å². The highest BCUT2D eigenvalue weighted by atomic mass is 35.5. The molecule has 130 valence electrons. The predicted molar refractivity (Wildman–Crippen MR) is 93.1 cm³/mol. The lowest BCUT2D eigenvalue weighted by atomic mass is 10.2. The molecule has 0 saturated heterocycles. The first kappa shape index (κ1) is 17.1. The highest BCUT2D eigenvalue weighted by molar-refractivity contribution is 6.34. The smallest absolute Gasteiger partial charge is 0.248 e. The average molecular weight is 364 g/mol. The number of hydrogen-bond acceptors (Lipinski definition) is 4. The normalized spacial score (nSPS) is 12.9. The minimum Gasteiger partial charge on any atom is -0.494 e. The van der Waals surface area contributed by atoms with E-state index in [1.807, 2.05) is 0 Å². The molecule has 0 aliphatic carbocycles. The van der Waals surface area contributed by atoms with Crippen molar-refractivity contribution in [1.29, 1.82) is 0 Å². The first-order valence-corrected chi connectivity index (χ1v) is 7.86. The maximum absolute atomic E-state index is 13.6. The number of rotatable bonds is 4. The van der Waals surface area contributed by atoms with Gasteiger partial charge in [-0.25, -0.2) is 4.39 Å². The molecule has 0 aromatic heterocycles. The van der Waals surface area contributed by atoms with Gasteiger partial charge in [-0.15, -0.1) is 0 Å². The summed E-state index contributed by atoms with van der Waals surface area (Å²) in [4.78, 5) is 12.1. The Morgan fingerprint density at radius 3 is 2.64 bits per heavy atom. The summed E-state index contributed by atoms with van der Waals surface area (Å²) >= 11 is 6.14. The molecule has 0 fully saturated rings. The second-order valence-electron chi connectivity index (χ2n) is 5.19. The summed E-state index contributed by atoms with van der Waals surface area (Å²) in [5, 5.41) is 2.99. The Kier molecular flexibility index (Phi) is 5.09. The number of methoxy groups -OCH3 is 1. The zero-order valence-electron chi connectivity index (χ0n) is 13.3. The van der Waals surface area contributed by atoms with Gasteiger partial charge in [-0.1, -0.05) is 17.7 Å². The van der Waals surface area contributed by atoms with E-state index in [4.69, 9.17) is 25.8 Å². The number of carbonyl (C=O) groups is 1. The predicted octanol–water partition coefficient (Wildman–Crippen LogP) is 3.91. The molecule has 0 radical (unpaired) electrons. The first-order valence-electron chi connectivity index (χ1n) is 7.48. The summed E-state index contributed by atoms with van der Waals surface area (Å²) in [7, 11) is 1.39. The van der Waals surface area contributed by atoms with Crippen molar-refractivity contribution >= 4 is 29.3 Å². The van der Waals surface area contributed by atoms with Crippen molar-refractivity contribution in [2.24, 2.45) is 0 Å². The SMILES string of the molecule is COc1ccc(C=CC(=O)Nc2cc3c(cc2Cl)OCCO3)cc1F. The zero-order chi connectivity index (χ0) is 17.8. The van der Waals surface area contributed by atoms with Crippen LogP contribution in [-0.2, 0) is 4.79 Å². The number of fused-ring (bicyclic) bond motifs is 1. The Morgan fingerprint density at radius 1 is 1.24 bits per heavy atom. The summed E-state index contributed by atoms with van der Waals surface area (Å²) in [5.74, 6) is 0.296. The second-order valence-corrected chi connectivity index (χ2v) is 5.60. The highest BCUT2D eigenvalue weighted by Gasteiger charge is 2.15. The van der Waals surface area contributed by atoms with Crippen LogP contribution in [0, 0.1) is 5.82 Å². The van der Waals surface area contributed by atoms with Gasteiger partial charge in [0.1, 0.15) is 13.2 Å². The minimum atomic E-state index is -0.500. The molecule has 25 heavy (non-hydrogen) atoms. The highest BCUT2D eigenvalue weighted by Crippen LogP contribution is 2.37. The Morgan fingerprint density at radius 2 is 1.96 bits per heavy atom. The quantitative estimate of drug-likeness (QED) is 0.837. The van der Waals surface area contributed by atoms with Crippen LogP contribution < -0.4 is 19.5 Å². The number of amides is 1. The topological polar surface area (TPSA) is 56.8 Å². The van der Waals surface area contributed by atoms with Crippen LogP contribution in [0.15, 0.2) is 36.4 Å². The number of hydrogen-bond donors (Lipinski definition) is 1. The van der Waals surface area contributed by atoms with Crippen molar-refractivity contribution in [2.45, 2.75) is 0 Å². The maximum atomic E-state index is 13.6. The molecular formula is C18H15ClFNO4. The van der Waals surface area contributed by atoms with Crippen LogP contribution in [0.5, 0.6) is 17.2 Å². The van der Waals surface area contributed by atoms with Gasteiger partial charge < -0.3 is 19.5 Å². The fourth-order valence-corrected chi connectivity index (χ4v) is 2.49. The summed E-state index contributed by atoms with van der Waals surface area (Å²) in [5.41, 5.74) is 0.934. The standard InChI is InChI=1S/C18H15ClFNO4/c1-23-15-4-2-11(8-13(15)20)3-5-18(22)21-14-10-17-16(9-12(14)19)24-6-7-25-17/h2-5,8-10H,6-7H2,1H3,(H,21,22). The molecule has 0 bridgehead atoms. The van der Waals surface area contributed by atoms with Crippen LogP contribution in [0.2, 0.25) is 5.02 Å². The van der Waals surface area contributed by atoms with E-state index in [1.54, 1.807) is 18.2 Å². The van der Waals surface area contributed by atoms with E-state index < -0.39 is 11.7 Å². The van der Waals surface area contributed by atoms with Crippen LogP contribution in [0.25, 0.3) is 6.08 Å². The largest absolute Gasteiger partial charge is 0.494 e. The van der Waals surface area contributed by atoms with Crippen molar-refractivity contribution < 1.29 is 23.4 Å². The van der Waals surface area contributed by atoms with Gasteiger partial charge in [0.25, 0.3) is 0 Å². The van der Waals surface area contributed by atoms with Crippen molar-refractivity contribution in [2.75, 3.05) is 25.6 Å². The molecule has 1 N–H and O–H groups in total. The lowest BCUT2D eigenvalue weighted by molar-refractivity contribution is -0.111. The Bertz CT molecular complexity index is 838. The number of halogens is 2. The third kappa shape index (κ3) is 4.03. The summed E-state index contributed by atoms with van der Waals surface area (Å²) in [6.07, 6.45) is 2.78. The fraction of sp³-hybridized carbons (Fsp3) is 0.167. The van der Waals surface area contributed by atoms with Crippen LogP contribution >= 0.6 is 11.6 Å². The molecule has 2 aromatic rings. The van der Waals surface area contributed by atoms with Crippen molar-refractivity contribution in [3.05, 3.63) is 52.8 Å². The number of benzene rings is 2. The molecule has 0 saturated carbocycles. The third-order valence-electron chi connectivity index (χ3n) is 3.49. The molecule has 1 aliphatic heterocycles. The lowest BCUT2D eigenvalue weighted by Crippen LogP contribution is -2.16. The Labute approximate surface area is 149 Å². The van der Waals surface area contributed by atoms with Crippen LogP contribution in [0.4, 0.5) is 10.1 Å². The van der Waals surface area contributed by atoms with Crippen LogP contribution in [0.1, 0.15) is 5.56 Å². The van der Waals surface area contributed by atoms with E-state index in [1.165, 1.54) is 31.4 Å². The van der Waals surface area contributed by atoms with Gasteiger partial charge in [-0.05, 0) is 23.8 Å². The van der Waals surface area contributed by atoms with E-state index in [0.717, 1.165) is 0 Å². The first-order chi connectivity index (χ1) is 12.1. The molecule has 7 heteroatoms.